The number of benzene rings is 1. The van der Waals surface area contributed by atoms with Gasteiger partial charge in [0.15, 0.2) is 0 Å². The molecule has 6 nitrogen and oxygen atoms in total. The summed E-state index contributed by atoms with van der Waals surface area (Å²) < 4.78 is 13.7. The summed E-state index contributed by atoms with van der Waals surface area (Å²) in [6, 6.07) is 12.4. The van der Waals surface area contributed by atoms with Crippen LogP contribution in [0.15, 0.2) is 48.8 Å². The fourth-order valence-corrected chi connectivity index (χ4v) is 3.82. The van der Waals surface area contributed by atoms with Crippen LogP contribution in [0.3, 0.4) is 0 Å². The van der Waals surface area contributed by atoms with E-state index in [-0.39, 0.29) is 12.2 Å². The van der Waals surface area contributed by atoms with Crippen LogP contribution in [0.25, 0.3) is 16.8 Å². The fourth-order valence-electron chi connectivity index (χ4n) is 3.82. The third-order valence-electron chi connectivity index (χ3n) is 5.38. The number of likely N-dealkylation sites (tertiary alicyclic amines) is 1. The molecule has 0 spiro atoms. The lowest BCUT2D eigenvalue weighted by molar-refractivity contribution is 0.0126. The number of aromatic nitrogens is 2. The van der Waals surface area contributed by atoms with E-state index in [1.165, 1.54) is 5.56 Å². The maximum atomic E-state index is 12.2. The van der Waals surface area contributed by atoms with E-state index in [1.807, 2.05) is 51.4 Å². The zero-order valence-corrected chi connectivity index (χ0v) is 18.1. The highest BCUT2D eigenvalue weighted by atomic mass is 16.6. The van der Waals surface area contributed by atoms with Crippen LogP contribution >= 0.6 is 0 Å². The highest BCUT2D eigenvalue weighted by Crippen LogP contribution is 2.27. The number of imidazole rings is 1. The Balaban J connectivity index is 1.36. The molecule has 3 heterocycles. The van der Waals surface area contributed by atoms with Gasteiger partial charge < -0.3 is 18.8 Å². The third-order valence-corrected chi connectivity index (χ3v) is 5.38. The second kappa shape index (κ2) is 8.01. The maximum Gasteiger partial charge on any atom is 0.410 e. The van der Waals surface area contributed by atoms with Gasteiger partial charge in [0, 0.05) is 49.6 Å². The molecule has 1 fully saturated rings. The van der Waals surface area contributed by atoms with E-state index in [0.29, 0.717) is 13.1 Å². The van der Waals surface area contributed by atoms with Gasteiger partial charge in [-0.15, -0.1) is 0 Å². The second-order valence-corrected chi connectivity index (χ2v) is 8.80. The number of hydrogen-bond donors (Lipinski definition) is 0. The van der Waals surface area contributed by atoms with Crippen LogP contribution in [0.2, 0.25) is 0 Å². The molecule has 0 saturated carbocycles. The predicted octanol–water partition coefficient (Wildman–Crippen LogP) is 5.09. The van der Waals surface area contributed by atoms with Gasteiger partial charge in [-0.2, -0.15) is 0 Å². The molecule has 1 saturated heterocycles. The van der Waals surface area contributed by atoms with Crippen LogP contribution in [-0.4, -0.2) is 45.2 Å². The Morgan fingerprint density at radius 1 is 1.07 bits per heavy atom. The average molecular weight is 408 g/mol. The highest BCUT2D eigenvalue weighted by molar-refractivity contribution is 5.69. The Morgan fingerprint density at radius 2 is 1.77 bits per heavy atom. The Labute approximate surface area is 177 Å². The number of piperidine rings is 1. The molecule has 6 heteroatoms. The number of fused-ring (bicyclic) bond motifs is 1. The molecule has 0 bridgehead atoms. The molecule has 1 amide bonds. The average Bonchev–Trinajstić information content (AvgIpc) is 3.18. The fraction of sp³-hybridized carbons (Fsp3) is 0.417. The van der Waals surface area contributed by atoms with Gasteiger partial charge in [0.1, 0.15) is 23.1 Å². The van der Waals surface area contributed by atoms with E-state index in [1.54, 1.807) is 4.90 Å². The topological polar surface area (TPSA) is 56.1 Å². The lowest BCUT2D eigenvalue weighted by atomic mass is 10.0. The summed E-state index contributed by atoms with van der Waals surface area (Å²) in [6.45, 7) is 9.08. The van der Waals surface area contributed by atoms with E-state index >= 15 is 0 Å². The maximum absolute atomic E-state index is 12.2. The van der Waals surface area contributed by atoms with Crippen molar-refractivity contribution in [1.82, 2.24) is 14.3 Å². The van der Waals surface area contributed by atoms with Gasteiger partial charge in [-0.25, -0.2) is 9.78 Å². The molecular formula is C24H29N3O3. The lowest BCUT2D eigenvalue weighted by Crippen LogP contribution is -2.44. The van der Waals surface area contributed by atoms with Crippen molar-refractivity contribution in [3.05, 3.63) is 54.5 Å². The number of aryl methyl sites for hydroxylation is 1. The molecule has 2 aromatic heterocycles. The summed E-state index contributed by atoms with van der Waals surface area (Å²) in [5.74, 6) is 0.857. The van der Waals surface area contributed by atoms with Gasteiger partial charge >= 0.3 is 6.09 Å². The first-order valence-corrected chi connectivity index (χ1v) is 10.5. The minimum Gasteiger partial charge on any atom is -0.490 e. The second-order valence-electron chi connectivity index (χ2n) is 8.80. The van der Waals surface area contributed by atoms with E-state index in [4.69, 9.17) is 9.47 Å². The van der Waals surface area contributed by atoms with Gasteiger partial charge in [-0.05, 0) is 57.5 Å². The van der Waals surface area contributed by atoms with Crippen LogP contribution in [0.4, 0.5) is 4.79 Å². The molecule has 3 aromatic rings. The zero-order chi connectivity index (χ0) is 21.3. The SMILES string of the molecule is Cc1c(-c2ccc(OC3CCN(C(=O)OC(C)(C)C)CC3)cc2)ccc2nccn12. The molecule has 158 valence electrons. The van der Waals surface area contributed by atoms with E-state index in [9.17, 15) is 4.79 Å². The smallest absolute Gasteiger partial charge is 0.410 e. The molecular weight excluding hydrogens is 378 g/mol. The van der Waals surface area contributed by atoms with Gasteiger partial charge in [0.05, 0.1) is 0 Å². The molecule has 0 aliphatic carbocycles. The first kappa shape index (κ1) is 20.3. The van der Waals surface area contributed by atoms with Crippen molar-refractivity contribution in [2.75, 3.05) is 13.1 Å². The molecule has 1 aliphatic heterocycles. The number of ether oxygens (including phenoxy) is 2. The minimum atomic E-state index is -0.465. The first-order valence-electron chi connectivity index (χ1n) is 10.5. The quantitative estimate of drug-likeness (QED) is 0.607. The van der Waals surface area contributed by atoms with Crippen LogP contribution in [0.1, 0.15) is 39.3 Å². The van der Waals surface area contributed by atoms with Crippen LogP contribution < -0.4 is 4.74 Å². The molecule has 30 heavy (non-hydrogen) atoms. The van der Waals surface area contributed by atoms with Gasteiger partial charge in [-0.3, -0.25) is 0 Å². The van der Waals surface area contributed by atoms with Crippen molar-refractivity contribution >= 4 is 11.7 Å². The summed E-state index contributed by atoms with van der Waals surface area (Å²) >= 11 is 0. The standard InChI is InChI=1S/C24H29N3O3/c1-17-21(9-10-22-25-13-16-27(17)22)18-5-7-19(8-6-18)29-20-11-14-26(15-12-20)23(28)30-24(2,3)4/h5-10,13,16,20H,11-12,14-15H2,1-4H3. The van der Waals surface area contributed by atoms with Crippen LogP contribution in [0, 0.1) is 6.92 Å². The number of pyridine rings is 1. The number of carbonyl (C=O) groups is 1. The molecule has 0 unspecified atom stereocenters. The van der Waals surface area contributed by atoms with Crippen LogP contribution in [0.5, 0.6) is 5.75 Å². The summed E-state index contributed by atoms with van der Waals surface area (Å²) in [5.41, 5.74) is 3.97. The normalized spacial score (nSPS) is 15.4. The van der Waals surface area contributed by atoms with Gasteiger partial charge in [0.25, 0.3) is 0 Å². The van der Waals surface area contributed by atoms with Crippen molar-refractivity contribution in [3.8, 4) is 16.9 Å². The lowest BCUT2D eigenvalue weighted by Gasteiger charge is -2.33. The molecule has 1 aromatic carbocycles. The molecule has 0 N–H and O–H groups in total. The predicted molar refractivity (Wildman–Crippen MR) is 117 cm³/mol. The number of carbonyl (C=O) groups excluding carboxylic acids is 1. The Bertz CT molecular complexity index is 1030. The minimum absolute atomic E-state index is 0.110. The first-order chi connectivity index (χ1) is 14.3. The number of nitrogens with zero attached hydrogens (tertiary/aromatic N) is 3. The zero-order valence-electron chi connectivity index (χ0n) is 18.1. The Hall–Kier alpha value is -3.02. The van der Waals surface area contributed by atoms with Crippen molar-refractivity contribution in [1.29, 1.82) is 0 Å². The van der Waals surface area contributed by atoms with E-state index in [0.717, 1.165) is 35.5 Å². The highest BCUT2D eigenvalue weighted by Gasteiger charge is 2.27. The van der Waals surface area contributed by atoms with Gasteiger partial charge in [0.2, 0.25) is 0 Å². The van der Waals surface area contributed by atoms with Crippen molar-refractivity contribution < 1.29 is 14.3 Å². The Morgan fingerprint density at radius 3 is 2.43 bits per heavy atom. The third kappa shape index (κ3) is 4.42. The number of amides is 1. The molecule has 0 radical (unpaired) electrons. The van der Waals surface area contributed by atoms with Gasteiger partial charge in [-0.1, -0.05) is 12.1 Å². The number of hydrogen-bond acceptors (Lipinski definition) is 4. The summed E-state index contributed by atoms with van der Waals surface area (Å²) in [5, 5.41) is 0. The number of rotatable bonds is 3. The Kier molecular flexibility index (Phi) is 5.41. The summed E-state index contributed by atoms with van der Waals surface area (Å²) in [4.78, 5) is 18.3. The monoisotopic (exact) mass is 407 g/mol. The van der Waals surface area contributed by atoms with E-state index < -0.39 is 5.60 Å². The summed E-state index contributed by atoms with van der Waals surface area (Å²) in [6.07, 6.45) is 5.27. The molecule has 0 atom stereocenters. The van der Waals surface area contributed by atoms with Crippen molar-refractivity contribution in [2.24, 2.45) is 0 Å². The van der Waals surface area contributed by atoms with Crippen molar-refractivity contribution in [3.63, 3.8) is 0 Å². The van der Waals surface area contributed by atoms with Crippen molar-refractivity contribution in [2.45, 2.75) is 52.2 Å². The van der Waals surface area contributed by atoms with E-state index in [2.05, 4.69) is 34.5 Å². The molecule has 4 rings (SSSR count). The largest absolute Gasteiger partial charge is 0.490 e. The molecule has 1 aliphatic rings. The van der Waals surface area contributed by atoms with Crippen LogP contribution in [-0.2, 0) is 4.74 Å². The summed E-state index contributed by atoms with van der Waals surface area (Å²) in [7, 11) is 0.